The van der Waals surface area contributed by atoms with Crippen molar-refractivity contribution in [2.45, 2.75) is 59.2 Å². The van der Waals surface area contributed by atoms with Crippen LogP contribution in [0.5, 0.6) is 0 Å². The highest BCUT2D eigenvalue weighted by Crippen LogP contribution is 2.15. The van der Waals surface area contributed by atoms with Gasteiger partial charge in [-0.2, -0.15) is 0 Å². The van der Waals surface area contributed by atoms with Crippen molar-refractivity contribution in [2.75, 3.05) is 26.2 Å². The second-order valence-electron chi connectivity index (χ2n) is 5.54. The lowest BCUT2D eigenvalue weighted by molar-refractivity contribution is 0.0156. The minimum Gasteiger partial charge on any atom is -0.377 e. The van der Waals surface area contributed by atoms with E-state index in [0.717, 1.165) is 26.2 Å². The highest BCUT2D eigenvalue weighted by Gasteiger charge is 2.28. The van der Waals surface area contributed by atoms with E-state index in [-0.39, 0.29) is 0 Å². The summed E-state index contributed by atoms with van der Waals surface area (Å²) in [5.41, 5.74) is 0. The van der Waals surface area contributed by atoms with Gasteiger partial charge in [0.15, 0.2) is 0 Å². The highest BCUT2D eigenvalue weighted by molar-refractivity contribution is 4.87. The number of piperazine rings is 1. The van der Waals surface area contributed by atoms with E-state index in [4.69, 9.17) is 4.74 Å². The maximum Gasteiger partial charge on any atom is 0.0673 e. The second kappa shape index (κ2) is 7.34. The molecule has 3 nitrogen and oxygen atoms in total. The molecule has 0 bridgehead atoms. The molecule has 1 aliphatic rings. The van der Waals surface area contributed by atoms with Crippen molar-refractivity contribution >= 4 is 0 Å². The van der Waals surface area contributed by atoms with E-state index in [2.05, 4.69) is 44.8 Å². The van der Waals surface area contributed by atoms with Gasteiger partial charge >= 0.3 is 0 Å². The van der Waals surface area contributed by atoms with E-state index < -0.39 is 0 Å². The zero-order valence-electron chi connectivity index (χ0n) is 12.2. The van der Waals surface area contributed by atoms with Gasteiger partial charge in [-0.3, -0.25) is 4.90 Å². The number of rotatable bonds is 6. The van der Waals surface area contributed by atoms with Crippen LogP contribution in [-0.2, 0) is 4.74 Å². The first-order valence-corrected chi connectivity index (χ1v) is 7.17. The van der Waals surface area contributed by atoms with Crippen LogP contribution in [0.25, 0.3) is 0 Å². The summed E-state index contributed by atoms with van der Waals surface area (Å²) in [6.07, 6.45) is 1.57. The van der Waals surface area contributed by atoms with Crippen LogP contribution in [0.15, 0.2) is 0 Å². The van der Waals surface area contributed by atoms with Gasteiger partial charge in [0.1, 0.15) is 0 Å². The highest BCUT2D eigenvalue weighted by atomic mass is 16.5. The third-order valence-electron chi connectivity index (χ3n) is 3.78. The van der Waals surface area contributed by atoms with Crippen LogP contribution in [0, 0.1) is 5.92 Å². The standard InChI is InChI=1S/C14H30N2O/c1-6-13-8-15-14(11(3)4)10-16(13)9-12(5)17-7-2/h11-15H,6-10H2,1-5H3. The van der Waals surface area contributed by atoms with Gasteiger partial charge in [-0.1, -0.05) is 20.8 Å². The Kier molecular flexibility index (Phi) is 6.45. The molecule has 102 valence electrons. The van der Waals surface area contributed by atoms with Gasteiger partial charge in [0.2, 0.25) is 0 Å². The number of nitrogens with zero attached hydrogens (tertiary/aromatic N) is 1. The molecule has 1 aliphatic heterocycles. The fraction of sp³-hybridized carbons (Fsp3) is 1.00. The second-order valence-corrected chi connectivity index (χ2v) is 5.54. The Bertz CT molecular complexity index is 208. The minimum absolute atomic E-state index is 0.347. The van der Waals surface area contributed by atoms with Crippen LogP contribution in [0.3, 0.4) is 0 Å². The molecular weight excluding hydrogens is 212 g/mol. The lowest BCUT2D eigenvalue weighted by Gasteiger charge is -2.42. The van der Waals surface area contributed by atoms with Crippen molar-refractivity contribution < 1.29 is 4.74 Å². The maximum absolute atomic E-state index is 5.67. The van der Waals surface area contributed by atoms with Crippen LogP contribution in [-0.4, -0.2) is 49.3 Å². The fourth-order valence-corrected chi connectivity index (χ4v) is 2.62. The van der Waals surface area contributed by atoms with Crippen LogP contribution >= 0.6 is 0 Å². The van der Waals surface area contributed by atoms with Crippen LogP contribution in [0.4, 0.5) is 0 Å². The maximum atomic E-state index is 5.67. The first-order valence-electron chi connectivity index (χ1n) is 7.17. The predicted octanol–water partition coefficient (Wildman–Crippen LogP) is 2.12. The first kappa shape index (κ1) is 14.9. The summed E-state index contributed by atoms with van der Waals surface area (Å²) in [7, 11) is 0. The van der Waals surface area contributed by atoms with Crippen molar-refractivity contribution in [3.05, 3.63) is 0 Å². The van der Waals surface area contributed by atoms with Gasteiger partial charge in [0, 0.05) is 38.3 Å². The molecule has 0 aliphatic carbocycles. The van der Waals surface area contributed by atoms with Crippen molar-refractivity contribution in [2.24, 2.45) is 5.92 Å². The molecule has 3 unspecified atom stereocenters. The van der Waals surface area contributed by atoms with Crippen LogP contribution < -0.4 is 5.32 Å². The fourth-order valence-electron chi connectivity index (χ4n) is 2.62. The summed E-state index contributed by atoms with van der Waals surface area (Å²) in [5, 5.41) is 3.67. The van der Waals surface area contributed by atoms with E-state index in [1.165, 1.54) is 6.42 Å². The molecule has 3 heteroatoms. The molecule has 17 heavy (non-hydrogen) atoms. The molecule has 0 spiro atoms. The molecule has 0 aromatic heterocycles. The van der Waals surface area contributed by atoms with Crippen molar-refractivity contribution in [1.29, 1.82) is 0 Å². The Balaban J connectivity index is 2.50. The van der Waals surface area contributed by atoms with E-state index in [9.17, 15) is 0 Å². The zero-order valence-corrected chi connectivity index (χ0v) is 12.2. The van der Waals surface area contributed by atoms with E-state index in [1.54, 1.807) is 0 Å². The Hall–Kier alpha value is -0.120. The molecule has 0 aromatic carbocycles. The molecular formula is C14H30N2O. The number of nitrogens with one attached hydrogen (secondary N) is 1. The molecule has 3 atom stereocenters. The smallest absolute Gasteiger partial charge is 0.0673 e. The lowest BCUT2D eigenvalue weighted by atomic mass is 9.98. The van der Waals surface area contributed by atoms with Gasteiger partial charge in [0.05, 0.1) is 6.10 Å². The Labute approximate surface area is 107 Å². The molecule has 0 radical (unpaired) electrons. The summed E-state index contributed by atoms with van der Waals surface area (Å²) in [4.78, 5) is 2.61. The predicted molar refractivity (Wildman–Crippen MR) is 73.4 cm³/mol. The number of hydrogen-bond donors (Lipinski definition) is 1. The van der Waals surface area contributed by atoms with Gasteiger partial charge in [-0.25, -0.2) is 0 Å². The molecule has 1 N–H and O–H groups in total. The molecule has 0 amide bonds. The Morgan fingerprint density at radius 1 is 1.29 bits per heavy atom. The molecule has 1 heterocycles. The van der Waals surface area contributed by atoms with Crippen molar-refractivity contribution in [1.82, 2.24) is 10.2 Å². The average Bonchev–Trinajstić information content (AvgIpc) is 2.29. The SMILES string of the molecule is CCOC(C)CN1CC(C(C)C)NCC1CC. The molecule has 0 aromatic rings. The van der Waals surface area contributed by atoms with E-state index >= 15 is 0 Å². The molecule has 0 saturated carbocycles. The topological polar surface area (TPSA) is 24.5 Å². The summed E-state index contributed by atoms with van der Waals surface area (Å²) in [5.74, 6) is 0.706. The van der Waals surface area contributed by atoms with Gasteiger partial charge in [0.25, 0.3) is 0 Å². The minimum atomic E-state index is 0.347. The molecule has 1 saturated heterocycles. The zero-order chi connectivity index (χ0) is 12.8. The van der Waals surface area contributed by atoms with Crippen LogP contribution in [0.2, 0.25) is 0 Å². The quantitative estimate of drug-likeness (QED) is 0.772. The number of hydrogen-bond acceptors (Lipinski definition) is 3. The Morgan fingerprint density at radius 2 is 2.00 bits per heavy atom. The first-order chi connectivity index (χ1) is 8.08. The third-order valence-corrected chi connectivity index (χ3v) is 3.78. The molecule has 1 fully saturated rings. The van der Waals surface area contributed by atoms with Gasteiger partial charge in [-0.15, -0.1) is 0 Å². The van der Waals surface area contributed by atoms with Gasteiger partial charge in [-0.05, 0) is 26.2 Å². The summed E-state index contributed by atoms with van der Waals surface area (Å²) in [6, 6.07) is 1.31. The van der Waals surface area contributed by atoms with Crippen LogP contribution in [0.1, 0.15) is 41.0 Å². The average molecular weight is 242 g/mol. The summed E-state index contributed by atoms with van der Waals surface area (Å²) < 4.78 is 5.67. The van der Waals surface area contributed by atoms with Crippen molar-refractivity contribution in [3.63, 3.8) is 0 Å². The number of ether oxygens (including phenoxy) is 1. The van der Waals surface area contributed by atoms with Gasteiger partial charge < -0.3 is 10.1 Å². The normalized spacial score (nSPS) is 28.6. The summed E-state index contributed by atoms with van der Waals surface area (Å²) >= 11 is 0. The van der Waals surface area contributed by atoms with Crippen molar-refractivity contribution in [3.8, 4) is 0 Å². The molecule has 1 rings (SSSR count). The van der Waals surface area contributed by atoms with E-state index in [1.807, 2.05) is 0 Å². The monoisotopic (exact) mass is 242 g/mol. The van der Waals surface area contributed by atoms with E-state index in [0.29, 0.717) is 24.1 Å². The lowest BCUT2D eigenvalue weighted by Crippen LogP contribution is -2.59. The third kappa shape index (κ3) is 4.57. The Morgan fingerprint density at radius 3 is 2.53 bits per heavy atom. The largest absolute Gasteiger partial charge is 0.377 e. The summed E-state index contributed by atoms with van der Waals surface area (Å²) in [6.45, 7) is 15.3.